The van der Waals surface area contributed by atoms with Gasteiger partial charge in [-0.1, -0.05) is 38.1 Å². The molecule has 1 aliphatic heterocycles. The average molecular weight is 516 g/mol. The maximum Gasteiger partial charge on any atom is 0.329 e. The van der Waals surface area contributed by atoms with E-state index in [4.69, 9.17) is 4.74 Å². The molecule has 1 fully saturated rings. The van der Waals surface area contributed by atoms with Gasteiger partial charge in [-0.3, -0.25) is 9.59 Å². The molecule has 1 N–H and O–H groups in total. The second kappa shape index (κ2) is 11.1. The minimum Gasteiger partial charge on any atom is -0.457 e. The summed E-state index contributed by atoms with van der Waals surface area (Å²) in [5, 5.41) is 3.38. The van der Waals surface area contributed by atoms with Gasteiger partial charge in [0.1, 0.15) is 17.7 Å². The lowest BCUT2D eigenvalue weighted by atomic mass is 10.0. The van der Waals surface area contributed by atoms with Gasteiger partial charge in [0, 0.05) is 31.0 Å². The molecule has 36 heavy (non-hydrogen) atoms. The highest BCUT2D eigenvalue weighted by Crippen LogP contribution is 2.26. The van der Waals surface area contributed by atoms with Crippen molar-refractivity contribution in [2.75, 3.05) is 0 Å². The number of amides is 2. The number of carbonyl (C=O) groups excluding carboxylic acids is 3. The predicted molar refractivity (Wildman–Crippen MR) is 131 cm³/mol. The Morgan fingerprint density at radius 3 is 2.72 bits per heavy atom. The molecule has 10 heteroatoms. The standard InChI is InChI=1S/C26H27F2N3O4S/c1-15(2)25(26(34)35-14-22-29-19-8-3-4-9-20(19)36-22)30-21(32)12-17-10-11-23(33)31(17)13-16-6-5-7-18(27)24(16)28/h3-9,15,17,25H,10-14H2,1-2H3,(H,30,32)/t17-,25-/m0/s1. The summed E-state index contributed by atoms with van der Waals surface area (Å²) >= 11 is 1.43. The number of aromatic nitrogens is 1. The molecule has 2 aromatic carbocycles. The van der Waals surface area contributed by atoms with Crippen molar-refractivity contribution in [3.05, 3.63) is 64.7 Å². The number of hydrogen-bond donors (Lipinski definition) is 1. The molecule has 0 saturated carbocycles. The van der Waals surface area contributed by atoms with Crippen LogP contribution in [0.3, 0.4) is 0 Å². The van der Waals surface area contributed by atoms with E-state index in [0.29, 0.717) is 11.4 Å². The second-order valence-electron chi connectivity index (χ2n) is 9.10. The first kappa shape index (κ1) is 25.7. The van der Waals surface area contributed by atoms with E-state index in [2.05, 4.69) is 10.3 Å². The van der Waals surface area contributed by atoms with Crippen molar-refractivity contribution < 1.29 is 27.9 Å². The Morgan fingerprint density at radius 1 is 1.19 bits per heavy atom. The Morgan fingerprint density at radius 2 is 1.97 bits per heavy atom. The molecule has 0 radical (unpaired) electrons. The Labute approximate surface area is 211 Å². The molecule has 1 aliphatic rings. The van der Waals surface area contributed by atoms with Gasteiger partial charge in [0.05, 0.1) is 10.2 Å². The van der Waals surface area contributed by atoms with E-state index in [1.807, 2.05) is 24.3 Å². The van der Waals surface area contributed by atoms with Crippen LogP contribution in [0.2, 0.25) is 0 Å². The molecular formula is C26H27F2N3O4S. The summed E-state index contributed by atoms with van der Waals surface area (Å²) in [5.74, 6) is -3.45. The summed E-state index contributed by atoms with van der Waals surface area (Å²) in [6, 6.07) is 10.1. The van der Waals surface area contributed by atoms with Crippen LogP contribution in [0.25, 0.3) is 10.2 Å². The van der Waals surface area contributed by atoms with Crippen LogP contribution in [0.15, 0.2) is 42.5 Å². The zero-order valence-electron chi connectivity index (χ0n) is 20.0. The third kappa shape index (κ3) is 5.87. The highest BCUT2D eigenvalue weighted by atomic mass is 32.1. The SMILES string of the molecule is CC(C)[C@H](NC(=O)C[C@@H]1CCC(=O)N1Cc1cccc(F)c1F)C(=O)OCc1nc2ccccc2s1. The van der Waals surface area contributed by atoms with Gasteiger partial charge in [0.15, 0.2) is 11.6 Å². The van der Waals surface area contributed by atoms with Crippen molar-refractivity contribution in [3.8, 4) is 0 Å². The van der Waals surface area contributed by atoms with E-state index in [0.717, 1.165) is 16.3 Å². The van der Waals surface area contributed by atoms with Crippen LogP contribution in [0, 0.1) is 17.6 Å². The third-order valence-electron chi connectivity index (χ3n) is 6.16. The van der Waals surface area contributed by atoms with Crippen LogP contribution < -0.4 is 5.32 Å². The fraction of sp³-hybridized carbons (Fsp3) is 0.385. The van der Waals surface area contributed by atoms with Gasteiger partial charge >= 0.3 is 5.97 Å². The number of halogens is 2. The molecule has 1 saturated heterocycles. The van der Waals surface area contributed by atoms with Crippen LogP contribution in [0.1, 0.15) is 43.7 Å². The van der Waals surface area contributed by atoms with E-state index >= 15 is 0 Å². The number of benzene rings is 2. The molecule has 190 valence electrons. The van der Waals surface area contributed by atoms with E-state index in [-0.39, 0.29) is 43.4 Å². The lowest BCUT2D eigenvalue weighted by Crippen LogP contribution is -2.47. The summed E-state index contributed by atoms with van der Waals surface area (Å²) in [5.41, 5.74) is 0.880. The van der Waals surface area contributed by atoms with Gasteiger partial charge in [-0.25, -0.2) is 18.6 Å². The first-order chi connectivity index (χ1) is 17.2. The van der Waals surface area contributed by atoms with Gasteiger partial charge in [0.2, 0.25) is 11.8 Å². The number of hydrogen-bond acceptors (Lipinski definition) is 6. The fourth-order valence-corrected chi connectivity index (χ4v) is 5.11. The molecule has 1 aromatic heterocycles. The van der Waals surface area contributed by atoms with Gasteiger partial charge in [-0.15, -0.1) is 11.3 Å². The molecule has 0 bridgehead atoms. The lowest BCUT2D eigenvalue weighted by Gasteiger charge is -2.26. The molecule has 2 heterocycles. The second-order valence-corrected chi connectivity index (χ2v) is 10.2. The minimum absolute atomic E-state index is 0.00136. The van der Waals surface area contributed by atoms with Crippen LogP contribution in [0.4, 0.5) is 8.78 Å². The summed E-state index contributed by atoms with van der Waals surface area (Å²) < 4.78 is 34.2. The zero-order valence-corrected chi connectivity index (χ0v) is 20.8. The molecule has 0 unspecified atom stereocenters. The Kier molecular flexibility index (Phi) is 7.93. The van der Waals surface area contributed by atoms with Crippen molar-refractivity contribution >= 4 is 39.3 Å². The third-order valence-corrected chi connectivity index (χ3v) is 7.17. The van der Waals surface area contributed by atoms with Crippen molar-refractivity contribution in [3.63, 3.8) is 0 Å². The predicted octanol–water partition coefficient (Wildman–Crippen LogP) is 4.34. The van der Waals surface area contributed by atoms with Crippen molar-refractivity contribution in [1.82, 2.24) is 15.2 Å². The lowest BCUT2D eigenvalue weighted by molar-refractivity contribution is -0.150. The first-order valence-electron chi connectivity index (χ1n) is 11.8. The summed E-state index contributed by atoms with van der Waals surface area (Å²) in [6.45, 7) is 3.46. The van der Waals surface area contributed by atoms with E-state index in [1.54, 1.807) is 13.8 Å². The number of para-hydroxylation sites is 1. The number of thiazole rings is 1. The van der Waals surface area contributed by atoms with E-state index in [1.165, 1.54) is 28.4 Å². The maximum atomic E-state index is 14.1. The van der Waals surface area contributed by atoms with Crippen LogP contribution in [-0.2, 0) is 32.3 Å². The number of nitrogens with zero attached hydrogens (tertiary/aromatic N) is 2. The normalized spacial score (nSPS) is 16.5. The number of rotatable bonds is 9. The molecule has 3 aromatic rings. The van der Waals surface area contributed by atoms with Crippen LogP contribution >= 0.6 is 11.3 Å². The average Bonchev–Trinajstić information content (AvgIpc) is 3.42. The maximum absolute atomic E-state index is 14.1. The van der Waals surface area contributed by atoms with Gasteiger partial charge in [0.25, 0.3) is 0 Å². The molecule has 4 rings (SSSR count). The summed E-state index contributed by atoms with van der Waals surface area (Å²) in [4.78, 5) is 43.8. The minimum atomic E-state index is -1.00. The molecule has 0 aliphatic carbocycles. The van der Waals surface area contributed by atoms with Gasteiger partial charge < -0.3 is 15.0 Å². The van der Waals surface area contributed by atoms with Gasteiger partial charge in [-0.2, -0.15) is 0 Å². The summed E-state index contributed by atoms with van der Waals surface area (Å²) in [6.07, 6.45) is 0.571. The molecule has 7 nitrogen and oxygen atoms in total. The first-order valence-corrected chi connectivity index (χ1v) is 12.6. The monoisotopic (exact) mass is 515 g/mol. The quantitative estimate of drug-likeness (QED) is 0.429. The van der Waals surface area contributed by atoms with Crippen LogP contribution in [-0.4, -0.2) is 39.8 Å². The highest BCUT2D eigenvalue weighted by Gasteiger charge is 2.34. The topological polar surface area (TPSA) is 88.6 Å². The summed E-state index contributed by atoms with van der Waals surface area (Å²) in [7, 11) is 0. The van der Waals surface area contributed by atoms with Crippen molar-refractivity contribution in [1.29, 1.82) is 0 Å². The molecule has 2 atom stereocenters. The highest BCUT2D eigenvalue weighted by molar-refractivity contribution is 7.18. The number of likely N-dealkylation sites (tertiary alicyclic amines) is 1. The van der Waals surface area contributed by atoms with Crippen LogP contribution in [0.5, 0.6) is 0 Å². The fourth-order valence-electron chi connectivity index (χ4n) is 4.23. The van der Waals surface area contributed by atoms with E-state index < -0.39 is 35.6 Å². The Bertz CT molecular complexity index is 1250. The van der Waals surface area contributed by atoms with Crippen molar-refractivity contribution in [2.24, 2.45) is 5.92 Å². The largest absolute Gasteiger partial charge is 0.457 e. The Hall–Kier alpha value is -3.40. The number of fused-ring (bicyclic) bond motifs is 1. The number of esters is 1. The molecular weight excluding hydrogens is 488 g/mol. The van der Waals surface area contributed by atoms with Crippen molar-refractivity contribution in [2.45, 2.75) is 58.3 Å². The van der Waals surface area contributed by atoms with Gasteiger partial charge in [-0.05, 0) is 30.5 Å². The molecule has 0 spiro atoms. The zero-order chi connectivity index (χ0) is 25.8. The smallest absolute Gasteiger partial charge is 0.329 e. The molecule has 2 amide bonds. The van der Waals surface area contributed by atoms with E-state index in [9.17, 15) is 23.2 Å². The number of carbonyl (C=O) groups is 3. The Balaban J connectivity index is 1.35. The number of nitrogens with one attached hydrogen (secondary N) is 1. The number of ether oxygens (including phenoxy) is 1.